The van der Waals surface area contributed by atoms with Gasteiger partial charge >= 0.3 is 0 Å². The van der Waals surface area contributed by atoms with Crippen molar-refractivity contribution in [1.29, 1.82) is 0 Å². The highest BCUT2D eigenvalue weighted by Crippen LogP contribution is 2.04. The number of hydrogen-bond acceptors (Lipinski definition) is 0. The fraction of sp³-hybridized carbons (Fsp3) is 0.667. The summed E-state index contributed by atoms with van der Waals surface area (Å²) in [5.74, 6) is 0. The summed E-state index contributed by atoms with van der Waals surface area (Å²) >= 11 is 0. The molecule has 12 heavy (non-hydrogen) atoms. The Morgan fingerprint density at radius 2 is 1.50 bits per heavy atom. The molecule has 0 aromatic carbocycles. The number of hydrogen-bond donors (Lipinski definition) is 0. The fourth-order valence-electron chi connectivity index (χ4n) is 1.15. The minimum atomic E-state index is 1.18. The average Bonchev–Trinajstić information content (AvgIpc) is 2.10. The highest BCUT2D eigenvalue weighted by atomic mass is 13.9. The topological polar surface area (TPSA) is 0 Å². The van der Waals surface area contributed by atoms with Gasteiger partial charge in [0.1, 0.15) is 0 Å². The number of rotatable bonds is 7. The largest absolute Gasteiger partial charge is 0.0917 e. The standard InChI is InChI=1S/C12H22/c1-3-5-7-9-11-12-10-8-6-4-2/h3,5-6,8H,4,7,9-12H2,1-2H3/b5-3+,8-6+. The molecule has 0 rings (SSSR count). The minimum Gasteiger partial charge on any atom is -0.0917 e. The molecular weight excluding hydrogens is 144 g/mol. The van der Waals surface area contributed by atoms with Crippen molar-refractivity contribution in [2.75, 3.05) is 0 Å². The minimum absolute atomic E-state index is 1.18. The predicted octanol–water partition coefficient (Wildman–Crippen LogP) is 4.48. The molecule has 0 aliphatic heterocycles. The van der Waals surface area contributed by atoms with Crippen LogP contribution in [-0.2, 0) is 0 Å². The van der Waals surface area contributed by atoms with Crippen LogP contribution in [0.4, 0.5) is 0 Å². The Kier molecular flexibility index (Phi) is 10.0. The normalized spacial score (nSPS) is 11.8. The number of allylic oxidation sites excluding steroid dienone is 4. The molecule has 0 fully saturated rings. The molecule has 0 saturated carbocycles. The van der Waals surface area contributed by atoms with Gasteiger partial charge in [0.25, 0.3) is 0 Å². The Balaban J connectivity index is 2.95. The third kappa shape index (κ3) is 9.48. The molecule has 0 heteroatoms. The van der Waals surface area contributed by atoms with E-state index >= 15 is 0 Å². The summed E-state index contributed by atoms with van der Waals surface area (Å²) in [7, 11) is 0. The SMILES string of the molecule is C/C=C/CCCCC/C=C/CC. The van der Waals surface area contributed by atoms with Gasteiger partial charge in [-0.15, -0.1) is 0 Å². The van der Waals surface area contributed by atoms with Crippen molar-refractivity contribution in [2.24, 2.45) is 0 Å². The van der Waals surface area contributed by atoms with Gasteiger partial charge in [0.05, 0.1) is 0 Å². The quantitative estimate of drug-likeness (QED) is 0.386. The molecule has 0 N–H and O–H groups in total. The van der Waals surface area contributed by atoms with Crippen molar-refractivity contribution in [3.63, 3.8) is 0 Å². The van der Waals surface area contributed by atoms with Crippen LogP contribution in [0.1, 0.15) is 52.4 Å². The number of unbranched alkanes of at least 4 members (excludes halogenated alkanes) is 4. The predicted molar refractivity (Wildman–Crippen MR) is 57.3 cm³/mol. The van der Waals surface area contributed by atoms with E-state index in [2.05, 4.69) is 38.2 Å². The molecule has 0 amide bonds. The van der Waals surface area contributed by atoms with Crippen LogP contribution in [-0.4, -0.2) is 0 Å². The van der Waals surface area contributed by atoms with Crippen molar-refractivity contribution in [3.8, 4) is 0 Å². The van der Waals surface area contributed by atoms with E-state index in [1.807, 2.05) is 0 Å². The fourth-order valence-corrected chi connectivity index (χ4v) is 1.15. The van der Waals surface area contributed by atoms with Gasteiger partial charge in [-0.3, -0.25) is 0 Å². The zero-order valence-electron chi connectivity index (χ0n) is 8.55. The highest BCUT2D eigenvalue weighted by molar-refractivity contribution is 4.80. The molecule has 0 bridgehead atoms. The third-order valence-corrected chi connectivity index (χ3v) is 1.88. The summed E-state index contributed by atoms with van der Waals surface area (Å²) in [6.07, 6.45) is 16.7. The van der Waals surface area contributed by atoms with Crippen LogP contribution in [0.15, 0.2) is 24.3 Å². The van der Waals surface area contributed by atoms with Crippen LogP contribution in [0.25, 0.3) is 0 Å². The van der Waals surface area contributed by atoms with Gasteiger partial charge in [-0.25, -0.2) is 0 Å². The van der Waals surface area contributed by atoms with Crippen molar-refractivity contribution < 1.29 is 0 Å². The van der Waals surface area contributed by atoms with E-state index in [4.69, 9.17) is 0 Å². The van der Waals surface area contributed by atoms with Crippen LogP contribution >= 0.6 is 0 Å². The van der Waals surface area contributed by atoms with E-state index in [-0.39, 0.29) is 0 Å². The maximum Gasteiger partial charge on any atom is -0.0351 e. The Bertz CT molecular complexity index is 120. The summed E-state index contributed by atoms with van der Waals surface area (Å²) in [5.41, 5.74) is 0. The van der Waals surface area contributed by atoms with Gasteiger partial charge < -0.3 is 0 Å². The van der Waals surface area contributed by atoms with Gasteiger partial charge in [-0.2, -0.15) is 0 Å². The van der Waals surface area contributed by atoms with Crippen molar-refractivity contribution in [1.82, 2.24) is 0 Å². The summed E-state index contributed by atoms with van der Waals surface area (Å²) in [5, 5.41) is 0. The molecule has 0 saturated heterocycles. The Morgan fingerprint density at radius 3 is 2.08 bits per heavy atom. The molecule has 0 radical (unpaired) electrons. The van der Waals surface area contributed by atoms with E-state index < -0.39 is 0 Å². The van der Waals surface area contributed by atoms with Crippen LogP contribution in [0.2, 0.25) is 0 Å². The lowest BCUT2D eigenvalue weighted by Gasteiger charge is -1.94. The molecule has 70 valence electrons. The molecule has 0 spiro atoms. The average molecular weight is 166 g/mol. The molecule has 0 unspecified atom stereocenters. The Hall–Kier alpha value is -0.520. The first kappa shape index (κ1) is 11.5. The van der Waals surface area contributed by atoms with E-state index in [9.17, 15) is 0 Å². The smallest absolute Gasteiger partial charge is 0.0351 e. The van der Waals surface area contributed by atoms with E-state index in [0.29, 0.717) is 0 Å². The van der Waals surface area contributed by atoms with Crippen LogP contribution in [0.5, 0.6) is 0 Å². The van der Waals surface area contributed by atoms with Gasteiger partial charge in [-0.05, 0) is 39.0 Å². The third-order valence-electron chi connectivity index (χ3n) is 1.88. The van der Waals surface area contributed by atoms with Crippen molar-refractivity contribution in [2.45, 2.75) is 52.4 Å². The summed E-state index contributed by atoms with van der Waals surface area (Å²) in [4.78, 5) is 0. The monoisotopic (exact) mass is 166 g/mol. The summed E-state index contributed by atoms with van der Waals surface area (Å²) < 4.78 is 0. The van der Waals surface area contributed by atoms with Gasteiger partial charge in [0.2, 0.25) is 0 Å². The van der Waals surface area contributed by atoms with Gasteiger partial charge in [0.15, 0.2) is 0 Å². The lowest BCUT2D eigenvalue weighted by molar-refractivity contribution is 0.695. The first-order chi connectivity index (χ1) is 5.91. The zero-order valence-corrected chi connectivity index (χ0v) is 8.55. The molecule has 0 nitrogen and oxygen atoms in total. The zero-order chi connectivity index (χ0) is 9.07. The lowest BCUT2D eigenvalue weighted by atomic mass is 10.1. The lowest BCUT2D eigenvalue weighted by Crippen LogP contribution is -1.74. The Morgan fingerprint density at radius 1 is 0.833 bits per heavy atom. The summed E-state index contributed by atoms with van der Waals surface area (Å²) in [6, 6.07) is 0. The van der Waals surface area contributed by atoms with Gasteiger partial charge in [-0.1, -0.05) is 37.6 Å². The van der Waals surface area contributed by atoms with E-state index in [0.717, 1.165) is 0 Å². The second-order valence-corrected chi connectivity index (χ2v) is 3.09. The van der Waals surface area contributed by atoms with E-state index in [1.165, 1.54) is 38.5 Å². The van der Waals surface area contributed by atoms with Crippen LogP contribution in [0.3, 0.4) is 0 Å². The maximum absolute atomic E-state index is 2.30. The second kappa shape index (κ2) is 10.5. The van der Waals surface area contributed by atoms with Crippen molar-refractivity contribution in [3.05, 3.63) is 24.3 Å². The first-order valence-corrected chi connectivity index (χ1v) is 5.18. The van der Waals surface area contributed by atoms with E-state index in [1.54, 1.807) is 0 Å². The first-order valence-electron chi connectivity index (χ1n) is 5.18. The molecule has 0 aliphatic carbocycles. The highest BCUT2D eigenvalue weighted by Gasteiger charge is 1.84. The summed E-state index contributed by atoms with van der Waals surface area (Å²) in [6.45, 7) is 4.27. The second-order valence-electron chi connectivity index (χ2n) is 3.09. The molecule has 0 aliphatic rings. The Labute approximate surface area is 77.4 Å². The van der Waals surface area contributed by atoms with Crippen LogP contribution in [0, 0.1) is 0 Å². The molecule has 0 atom stereocenters. The molecular formula is C12H22. The van der Waals surface area contributed by atoms with Gasteiger partial charge in [0, 0.05) is 0 Å². The molecule has 0 heterocycles. The molecule has 0 aromatic heterocycles. The van der Waals surface area contributed by atoms with Crippen LogP contribution < -0.4 is 0 Å². The molecule has 0 aromatic rings. The van der Waals surface area contributed by atoms with Crippen molar-refractivity contribution >= 4 is 0 Å². The maximum atomic E-state index is 2.30.